The van der Waals surface area contributed by atoms with Crippen molar-refractivity contribution in [2.24, 2.45) is 0 Å². The lowest BCUT2D eigenvalue weighted by atomic mass is 10.2. The van der Waals surface area contributed by atoms with E-state index in [0.29, 0.717) is 11.6 Å². The van der Waals surface area contributed by atoms with Gasteiger partial charge in [-0.2, -0.15) is 0 Å². The van der Waals surface area contributed by atoms with Gasteiger partial charge in [0.1, 0.15) is 0 Å². The summed E-state index contributed by atoms with van der Waals surface area (Å²) >= 11 is 6.09. The van der Waals surface area contributed by atoms with Gasteiger partial charge in [0.2, 0.25) is 0 Å². The number of hydrogen-bond acceptors (Lipinski definition) is 2. The maximum atomic E-state index is 9.48. The molecule has 0 aliphatic rings. The molecule has 0 saturated carbocycles. The van der Waals surface area contributed by atoms with Gasteiger partial charge in [0.05, 0.1) is 24.4 Å². The maximum Gasteiger partial charge on any atom is 0.0702 e. The number of aliphatic hydroxyl groups is 1. The molecule has 0 bridgehead atoms. The Bertz CT molecular complexity index is 764. The number of aliphatic hydroxyl groups excluding tert-OH is 1. The van der Waals surface area contributed by atoms with Crippen molar-refractivity contribution in [1.82, 2.24) is 9.55 Å². The van der Waals surface area contributed by atoms with Gasteiger partial charge in [-0.05, 0) is 30.7 Å². The summed E-state index contributed by atoms with van der Waals surface area (Å²) in [4.78, 5) is 4.42. The van der Waals surface area contributed by atoms with E-state index in [-0.39, 0.29) is 6.61 Å². The minimum absolute atomic E-state index is 0.0202. The van der Waals surface area contributed by atoms with E-state index < -0.39 is 0 Å². The third kappa shape index (κ3) is 2.30. The van der Waals surface area contributed by atoms with Crippen LogP contribution in [0.25, 0.3) is 10.9 Å². The van der Waals surface area contributed by atoms with Gasteiger partial charge in [0.15, 0.2) is 0 Å². The lowest BCUT2D eigenvalue weighted by molar-refractivity contribution is 0.283. The lowest BCUT2D eigenvalue weighted by Crippen LogP contribution is -2.02. The number of aromatic nitrogens is 2. The van der Waals surface area contributed by atoms with E-state index >= 15 is 0 Å². The predicted molar refractivity (Wildman–Crippen MR) is 80.9 cm³/mol. The molecule has 0 atom stereocenters. The Kier molecular flexibility index (Phi) is 3.47. The number of halogens is 1. The highest BCUT2D eigenvalue weighted by Gasteiger charge is 2.10. The monoisotopic (exact) mass is 286 g/mol. The van der Waals surface area contributed by atoms with Gasteiger partial charge in [-0.3, -0.25) is 4.98 Å². The van der Waals surface area contributed by atoms with E-state index in [1.807, 2.05) is 43.5 Å². The maximum absolute atomic E-state index is 9.48. The summed E-state index contributed by atoms with van der Waals surface area (Å²) < 4.78 is 2.09. The van der Waals surface area contributed by atoms with Crippen molar-refractivity contribution >= 4 is 22.5 Å². The first-order valence-corrected chi connectivity index (χ1v) is 6.85. The van der Waals surface area contributed by atoms with Crippen LogP contribution in [0.4, 0.5) is 0 Å². The SMILES string of the molecule is Cc1cccnc1Cn1cc(CO)c2ccc(Cl)cc21. The quantitative estimate of drug-likeness (QED) is 0.800. The Morgan fingerprint density at radius 2 is 2.15 bits per heavy atom. The highest BCUT2D eigenvalue weighted by atomic mass is 35.5. The van der Waals surface area contributed by atoms with Crippen molar-refractivity contribution in [3.05, 3.63) is 64.6 Å². The zero-order valence-electron chi connectivity index (χ0n) is 11.2. The van der Waals surface area contributed by atoms with E-state index in [9.17, 15) is 5.11 Å². The molecule has 20 heavy (non-hydrogen) atoms. The van der Waals surface area contributed by atoms with Crippen molar-refractivity contribution < 1.29 is 5.11 Å². The second kappa shape index (κ2) is 5.27. The average Bonchev–Trinajstić information content (AvgIpc) is 2.79. The summed E-state index contributed by atoms with van der Waals surface area (Å²) in [6.45, 7) is 2.74. The second-order valence-electron chi connectivity index (χ2n) is 4.87. The molecule has 2 heterocycles. The number of benzene rings is 1. The van der Waals surface area contributed by atoms with Gasteiger partial charge >= 0.3 is 0 Å². The third-order valence-corrected chi connectivity index (χ3v) is 3.77. The minimum Gasteiger partial charge on any atom is -0.392 e. The van der Waals surface area contributed by atoms with Crippen molar-refractivity contribution in [3.63, 3.8) is 0 Å². The van der Waals surface area contributed by atoms with Gasteiger partial charge in [-0.15, -0.1) is 0 Å². The van der Waals surface area contributed by atoms with Crippen LogP contribution in [0.1, 0.15) is 16.8 Å². The molecule has 102 valence electrons. The molecule has 3 nitrogen and oxygen atoms in total. The Labute approximate surface area is 122 Å². The summed E-state index contributed by atoms with van der Waals surface area (Å²) in [6, 6.07) is 9.70. The molecule has 0 fully saturated rings. The normalized spacial score (nSPS) is 11.2. The molecule has 0 aliphatic heterocycles. The summed E-state index contributed by atoms with van der Waals surface area (Å²) in [5.74, 6) is 0. The number of pyridine rings is 1. The van der Waals surface area contributed by atoms with E-state index in [4.69, 9.17) is 11.6 Å². The smallest absolute Gasteiger partial charge is 0.0702 e. The van der Waals surface area contributed by atoms with Crippen LogP contribution in [-0.2, 0) is 13.2 Å². The van der Waals surface area contributed by atoms with Crippen molar-refractivity contribution in [2.75, 3.05) is 0 Å². The average molecular weight is 287 g/mol. The molecule has 2 aromatic heterocycles. The molecule has 0 spiro atoms. The van der Waals surface area contributed by atoms with Crippen LogP contribution in [0.5, 0.6) is 0 Å². The van der Waals surface area contributed by atoms with Crippen LogP contribution in [0.3, 0.4) is 0 Å². The third-order valence-electron chi connectivity index (χ3n) is 3.54. The summed E-state index contributed by atoms with van der Waals surface area (Å²) in [6.07, 6.45) is 3.77. The Morgan fingerprint density at radius 3 is 2.90 bits per heavy atom. The molecular weight excluding hydrogens is 272 g/mol. The zero-order valence-corrected chi connectivity index (χ0v) is 11.9. The number of hydrogen-bond donors (Lipinski definition) is 1. The van der Waals surface area contributed by atoms with Crippen LogP contribution >= 0.6 is 11.6 Å². The molecule has 1 N–H and O–H groups in total. The fraction of sp³-hybridized carbons (Fsp3) is 0.188. The first-order valence-electron chi connectivity index (χ1n) is 6.47. The first kappa shape index (κ1) is 13.2. The Hall–Kier alpha value is -1.84. The van der Waals surface area contributed by atoms with Crippen LogP contribution in [0.15, 0.2) is 42.7 Å². The standard InChI is InChI=1S/C16H15ClN2O/c1-11-3-2-6-18-15(11)9-19-8-12(10-20)14-5-4-13(17)7-16(14)19/h2-8,20H,9-10H2,1H3. The van der Waals surface area contributed by atoms with Crippen molar-refractivity contribution in [2.45, 2.75) is 20.1 Å². The minimum atomic E-state index is 0.0202. The number of aryl methyl sites for hydroxylation is 1. The van der Waals surface area contributed by atoms with E-state index in [2.05, 4.69) is 9.55 Å². The molecule has 4 heteroatoms. The molecule has 0 saturated heterocycles. The van der Waals surface area contributed by atoms with E-state index in [1.165, 1.54) is 0 Å². The predicted octanol–water partition coefficient (Wildman–Crippen LogP) is 3.54. The van der Waals surface area contributed by atoms with Crippen LogP contribution < -0.4 is 0 Å². The lowest BCUT2D eigenvalue weighted by Gasteiger charge is -2.07. The number of rotatable bonds is 3. The van der Waals surface area contributed by atoms with Gasteiger partial charge in [0, 0.05) is 28.4 Å². The molecule has 3 rings (SSSR count). The van der Waals surface area contributed by atoms with Crippen LogP contribution in [0.2, 0.25) is 5.02 Å². The first-order chi connectivity index (χ1) is 9.69. The summed E-state index contributed by atoms with van der Waals surface area (Å²) in [5.41, 5.74) is 4.10. The molecule has 0 unspecified atom stereocenters. The Balaban J connectivity index is 2.12. The zero-order chi connectivity index (χ0) is 14.1. The summed E-state index contributed by atoms with van der Waals surface area (Å²) in [7, 11) is 0. The van der Waals surface area contributed by atoms with Gasteiger partial charge in [-0.25, -0.2) is 0 Å². The molecule has 0 amide bonds. The van der Waals surface area contributed by atoms with E-state index in [0.717, 1.165) is 27.7 Å². The van der Waals surface area contributed by atoms with Gasteiger partial charge in [0.25, 0.3) is 0 Å². The second-order valence-corrected chi connectivity index (χ2v) is 5.31. The van der Waals surface area contributed by atoms with Crippen molar-refractivity contribution in [1.29, 1.82) is 0 Å². The van der Waals surface area contributed by atoms with Crippen molar-refractivity contribution in [3.8, 4) is 0 Å². The Morgan fingerprint density at radius 1 is 1.30 bits per heavy atom. The number of fused-ring (bicyclic) bond motifs is 1. The number of nitrogens with zero attached hydrogens (tertiary/aromatic N) is 2. The highest BCUT2D eigenvalue weighted by molar-refractivity contribution is 6.31. The van der Waals surface area contributed by atoms with E-state index in [1.54, 1.807) is 6.20 Å². The van der Waals surface area contributed by atoms with Crippen LogP contribution in [-0.4, -0.2) is 14.7 Å². The molecule has 1 aromatic carbocycles. The largest absolute Gasteiger partial charge is 0.392 e. The summed E-state index contributed by atoms with van der Waals surface area (Å²) in [5, 5.41) is 11.2. The van der Waals surface area contributed by atoms with Gasteiger partial charge in [-0.1, -0.05) is 23.7 Å². The fourth-order valence-electron chi connectivity index (χ4n) is 2.44. The fourth-order valence-corrected chi connectivity index (χ4v) is 2.61. The van der Waals surface area contributed by atoms with Gasteiger partial charge < -0.3 is 9.67 Å². The molecule has 3 aromatic rings. The van der Waals surface area contributed by atoms with Crippen LogP contribution in [0, 0.1) is 6.92 Å². The highest BCUT2D eigenvalue weighted by Crippen LogP contribution is 2.25. The molecular formula is C16H15ClN2O. The topological polar surface area (TPSA) is 38.0 Å². The molecule has 0 radical (unpaired) electrons. The molecule has 0 aliphatic carbocycles.